The summed E-state index contributed by atoms with van der Waals surface area (Å²) in [7, 11) is 3.73. The van der Waals surface area contributed by atoms with E-state index in [2.05, 4.69) is 5.32 Å². The van der Waals surface area contributed by atoms with Crippen LogP contribution in [0.3, 0.4) is 0 Å². The molecular formula is C20H21FN2O2. The van der Waals surface area contributed by atoms with Crippen LogP contribution >= 0.6 is 0 Å². The van der Waals surface area contributed by atoms with Crippen LogP contribution in [0, 0.1) is 12.7 Å². The van der Waals surface area contributed by atoms with Gasteiger partial charge in [-0.1, -0.05) is 18.2 Å². The molecule has 0 saturated carbocycles. The van der Waals surface area contributed by atoms with E-state index >= 15 is 0 Å². The molecule has 0 saturated heterocycles. The first kappa shape index (κ1) is 17.2. The van der Waals surface area contributed by atoms with E-state index < -0.39 is 0 Å². The number of hydrogen-bond acceptors (Lipinski definition) is 3. The van der Waals surface area contributed by atoms with Gasteiger partial charge in [0, 0.05) is 23.1 Å². The van der Waals surface area contributed by atoms with Crippen molar-refractivity contribution < 1.29 is 13.6 Å². The van der Waals surface area contributed by atoms with Gasteiger partial charge in [-0.25, -0.2) is 4.39 Å². The van der Waals surface area contributed by atoms with Crippen molar-refractivity contribution in [3.05, 3.63) is 71.2 Å². The van der Waals surface area contributed by atoms with Crippen molar-refractivity contribution in [3.8, 4) is 0 Å². The highest BCUT2D eigenvalue weighted by Crippen LogP contribution is 2.22. The van der Waals surface area contributed by atoms with Crippen molar-refractivity contribution in [2.24, 2.45) is 0 Å². The van der Waals surface area contributed by atoms with Crippen LogP contribution in [0.25, 0.3) is 11.0 Å². The third kappa shape index (κ3) is 3.72. The average Bonchev–Trinajstić information content (AvgIpc) is 2.95. The third-order valence-electron chi connectivity index (χ3n) is 4.25. The molecule has 1 unspecified atom stereocenters. The Morgan fingerprint density at radius 2 is 1.96 bits per heavy atom. The van der Waals surface area contributed by atoms with E-state index in [0.29, 0.717) is 17.7 Å². The summed E-state index contributed by atoms with van der Waals surface area (Å²) in [6, 6.07) is 13.6. The highest BCUT2D eigenvalue weighted by Gasteiger charge is 2.19. The number of aryl methyl sites for hydroxylation is 1. The number of nitrogens with one attached hydrogen (secondary N) is 1. The summed E-state index contributed by atoms with van der Waals surface area (Å²) in [5.41, 5.74) is 1.87. The zero-order chi connectivity index (χ0) is 18.0. The van der Waals surface area contributed by atoms with Crippen LogP contribution < -0.4 is 5.32 Å². The molecule has 0 radical (unpaired) electrons. The van der Waals surface area contributed by atoms with Crippen LogP contribution in [0.2, 0.25) is 0 Å². The highest BCUT2D eigenvalue weighted by molar-refractivity contribution is 5.97. The fourth-order valence-electron chi connectivity index (χ4n) is 2.92. The van der Waals surface area contributed by atoms with E-state index in [1.54, 1.807) is 36.4 Å². The van der Waals surface area contributed by atoms with Gasteiger partial charge in [0.15, 0.2) is 0 Å². The molecule has 0 aliphatic rings. The third-order valence-corrected chi connectivity index (χ3v) is 4.25. The fourth-order valence-corrected chi connectivity index (χ4v) is 2.92. The monoisotopic (exact) mass is 340 g/mol. The zero-order valence-corrected chi connectivity index (χ0v) is 14.5. The Labute approximate surface area is 146 Å². The molecule has 3 aromatic rings. The van der Waals surface area contributed by atoms with Crippen molar-refractivity contribution >= 4 is 16.9 Å². The molecule has 3 rings (SSSR count). The average molecular weight is 340 g/mol. The number of rotatable bonds is 5. The minimum Gasteiger partial charge on any atom is -0.461 e. The van der Waals surface area contributed by atoms with Crippen molar-refractivity contribution in [2.45, 2.75) is 13.0 Å². The lowest BCUT2D eigenvalue weighted by Gasteiger charge is -2.25. The minimum absolute atomic E-state index is 0.191. The first-order valence-corrected chi connectivity index (χ1v) is 8.15. The quantitative estimate of drug-likeness (QED) is 0.766. The predicted molar refractivity (Wildman–Crippen MR) is 96.1 cm³/mol. The smallest absolute Gasteiger partial charge is 0.251 e. The SMILES string of the molecule is Cc1cc2cc(C(=O)NCC(c3ccccc3F)N(C)C)ccc2o1. The van der Waals surface area contributed by atoms with Crippen LogP contribution in [0.1, 0.15) is 27.7 Å². The summed E-state index contributed by atoms with van der Waals surface area (Å²) >= 11 is 0. The minimum atomic E-state index is -0.272. The Morgan fingerprint density at radius 1 is 1.20 bits per heavy atom. The maximum atomic E-state index is 14.1. The number of benzene rings is 2. The van der Waals surface area contributed by atoms with E-state index in [-0.39, 0.29) is 17.8 Å². The molecule has 2 aromatic carbocycles. The van der Waals surface area contributed by atoms with E-state index in [4.69, 9.17) is 4.42 Å². The van der Waals surface area contributed by atoms with Crippen molar-refractivity contribution in [2.75, 3.05) is 20.6 Å². The molecule has 4 nitrogen and oxygen atoms in total. The molecule has 5 heteroatoms. The Bertz CT molecular complexity index is 902. The second kappa shape index (κ2) is 7.07. The maximum Gasteiger partial charge on any atom is 0.251 e. The van der Waals surface area contributed by atoms with Crippen molar-refractivity contribution in [1.29, 1.82) is 0 Å². The molecule has 0 spiro atoms. The Balaban J connectivity index is 1.75. The molecular weight excluding hydrogens is 319 g/mol. The zero-order valence-electron chi connectivity index (χ0n) is 14.5. The maximum absolute atomic E-state index is 14.1. The lowest BCUT2D eigenvalue weighted by atomic mass is 10.0. The van der Waals surface area contributed by atoms with Crippen molar-refractivity contribution in [3.63, 3.8) is 0 Å². The van der Waals surface area contributed by atoms with E-state index in [0.717, 1.165) is 16.7 Å². The number of likely N-dealkylation sites (N-methyl/N-ethyl adjacent to an activating group) is 1. The molecule has 0 bridgehead atoms. The summed E-state index contributed by atoms with van der Waals surface area (Å²) in [6.07, 6.45) is 0. The van der Waals surface area contributed by atoms with Gasteiger partial charge >= 0.3 is 0 Å². The van der Waals surface area contributed by atoms with Gasteiger partial charge in [-0.2, -0.15) is 0 Å². The fraction of sp³-hybridized carbons (Fsp3) is 0.250. The Morgan fingerprint density at radius 3 is 2.68 bits per heavy atom. The molecule has 130 valence electrons. The molecule has 1 N–H and O–H groups in total. The number of nitrogens with zero attached hydrogens (tertiary/aromatic N) is 1. The van der Waals surface area contributed by atoms with Gasteiger partial charge in [0.25, 0.3) is 5.91 Å². The molecule has 1 aromatic heterocycles. The molecule has 25 heavy (non-hydrogen) atoms. The van der Waals surface area contributed by atoms with Gasteiger partial charge in [0.2, 0.25) is 0 Å². The number of hydrogen-bond donors (Lipinski definition) is 1. The number of fused-ring (bicyclic) bond motifs is 1. The summed E-state index contributed by atoms with van der Waals surface area (Å²) in [6.45, 7) is 2.19. The first-order valence-electron chi connectivity index (χ1n) is 8.15. The van der Waals surface area contributed by atoms with Crippen LogP contribution in [0.15, 0.2) is 52.9 Å². The van der Waals surface area contributed by atoms with Gasteiger partial charge in [-0.3, -0.25) is 4.79 Å². The summed E-state index contributed by atoms with van der Waals surface area (Å²) in [5.74, 6) is 0.342. The van der Waals surface area contributed by atoms with Gasteiger partial charge in [0.05, 0.1) is 6.04 Å². The molecule has 1 atom stereocenters. The normalized spacial score (nSPS) is 12.5. The predicted octanol–water partition coefficient (Wildman–Crippen LogP) is 3.91. The lowest BCUT2D eigenvalue weighted by molar-refractivity contribution is 0.0941. The van der Waals surface area contributed by atoms with Gasteiger partial charge in [-0.15, -0.1) is 0 Å². The summed E-state index contributed by atoms with van der Waals surface area (Å²) in [5, 5.41) is 3.79. The number of furan rings is 1. The van der Waals surface area contributed by atoms with Crippen LogP contribution in [-0.2, 0) is 0 Å². The Kier molecular flexibility index (Phi) is 4.86. The first-order chi connectivity index (χ1) is 12.0. The van der Waals surface area contributed by atoms with Gasteiger partial charge < -0.3 is 14.6 Å². The number of carbonyl (C=O) groups is 1. The van der Waals surface area contributed by atoms with Crippen molar-refractivity contribution in [1.82, 2.24) is 10.2 Å². The van der Waals surface area contributed by atoms with Crippen LogP contribution in [-0.4, -0.2) is 31.4 Å². The highest BCUT2D eigenvalue weighted by atomic mass is 19.1. The summed E-state index contributed by atoms with van der Waals surface area (Å²) in [4.78, 5) is 14.4. The molecule has 1 amide bonds. The van der Waals surface area contributed by atoms with Gasteiger partial charge in [-0.05, 0) is 51.4 Å². The van der Waals surface area contributed by atoms with Crippen LogP contribution in [0.4, 0.5) is 4.39 Å². The van der Waals surface area contributed by atoms with Gasteiger partial charge in [0.1, 0.15) is 17.2 Å². The van der Waals surface area contributed by atoms with E-state index in [1.165, 1.54) is 6.07 Å². The molecule has 0 aliphatic heterocycles. The molecule has 0 aliphatic carbocycles. The lowest BCUT2D eigenvalue weighted by Crippen LogP contribution is -2.35. The molecule has 0 fully saturated rings. The number of carbonyl (C=O) groups excluding carboxylic acids is 1. The topological polar surface area (TPSA) is 45.5 Å². The summed E-state index contributed by atoms with van der Waals surface area (Å²) < 4.78 is 19.6. The standard InChI is InChI=1S/C20H21FN2O2/c1-13-10-15-11-14(8-9-19(15)25-13)20(24)22-12-18(23(2)3)16-6-4-5-7-17(16)21/h4-11,18H,12H2,1-3H3,(H,22,24). The van der Waals surface area contributed by atoms with E-state index in [1.807, 2.05) is 32.0 Å². The Hall–Kier alpha value is -2.66. The number of halogens is 1. The van der Waals surface area contributed by atoms with E-state index in [9.17, 15) is 9.18 Å². The second-order valence-electron chi connectivity index (χ2n) is 6.32. The largest absolute Gasteiger partial charge is 0.461 e. The molecule has 1 heterocycles. The second-order valence-corrected chi connectivity index (χ2v) is 6.32. The number of amides is 1. The van der Waals surface area contributed by atoms with Crippen LogP contribution in [0.5, 0.6) is 0 Å².